The Morgan fingerprint density at radius 3 is 2.68 bits per heavy atom. The summed E-state index contributed by atoms with van der Waals surface area (Å²) in [5.74, 6) is 0. The lowest BCUT2D eigenvalue weighted by Gasteiger charge is -2.10. The van der Waals surface area contributed by atoms with Crippen molar-refractivity contribution >= 4 is 22.7 Å². The first-order chi connectivity index (χ1) is 9.01. The summed E-state index contributed by atoms with van der Waals surface area (Å²) in [4.78, 5) is 22.8. The Labute approximate surface area is 110 Å². The SMILES string of the molecule is CCOC(=O)Nc1cc2oc(=O)cc(C)c2cc1C. The van der Waals surface area contributed by atoms with E-state index in [1.54, 1.807) is 13.0 Å². The largest absolute Gasteiger partial charge is 0.450 e. The molecule has 5 heteroatoms. The molecule has 100 valence electrons. The Hall–Kier alpha value is -2.30. The summed E-state index contributed by atoms with van der Waals surface area (Å²) in [6.45, 7) is 5.74. The molecule has 1 N–H and O–H groups in total. The van der Waals surface area contributed by atoms with E-state index in [0.29, 0.717) is 17.9 Å². The molecule has 0 aliphatic heterocycles. The first-order valence-electron chi connectivity index (χ1n) is 6.00. The minimum Gasteiger partial charge on any atom is -0.450 e. The van der Waals surface area contributed by atoms with Gasteiger partial charge in [-0.05, 0) is 38.0 Å². The molecule has 1 amide bonds. The molecule has 0 unspecified atom stereocenters. The van der Waals surface area contributed by atoms with Crippen molar-refractivity contribution in [3.63, 3.8) is 0 Å². The molecule has 1 aromatic heterocycles. The molecule has 0 aliphatic carbocycles. The van der Waals surface area contributed by atoms with E-state index in [1.165, 1.54) is 6.07 Å². The summed E-state index contributed by atoms with van der Waals surface area (Å²) in [5.41, 5.74) is 2.33. The van der Waals surface area contributed by atoms with Crippen LogP contribution in [0.1, 0.15) is 18.1 Å². The molecular weight excluding hydrogens is 246 g/mol. The van der Waals surface area contributed by atoms with Crippen molar-refractivity contribution in [3.8, 4) is 0 Å². The fourth-order valence-corrected chi connectivity index (χ4v) is 1.88. The smallest absolute Gasteiger partial charge is 0.411 e. The molecule has 1 heterocycles. The number of hydrogen-bond acceptors (Lipinski definition) is 4. The lowest BCUT2D eigenvalue weighted by atomic mass is 10.1. The number of ether oxygens (including phenoxy) is 1. The maximum Gasteiger partial charge on any atom is 0.411 e. The zero-order valence-electron chi connectivity index (χ0n) is 11.1. The van der Waals surface area contributed by atoms with Crippen LogP contribution in [-0.2, 0) is 4.74 Å². The van der Waals surface area contributed by atoms with Crippen molar-refractivity contribution in [3.05, 3.63) is 39.7 Å². The number of amides is 1. The van der Waals surface area contributed by atoms with Crippen LogP contribution in [0.5, 0.6) is 0 Å². The van der Waals surface area contributed by atoms with Gasteiger partial charge in [0.2, 0.25) is 0 Å². The fraction of sp³-hybridized carbons (Fsp3) is 0.286. The summed E-state index contributed by atoms with van der Waals surface area (Å²) in [7, 11) is 0. The van der Waals surface area contributed by atoms with Crippen LogP contribution in [-0.4, -0.2) is 12.7 Å². The van der Waals surface area contributed by atoms with E-state index in [0.717, 1.165) is 16.5 Å². The molecule has 0 spiro atoms. The molecular formula is C14H15NO4. The van der Waals surface area contributed by atoms with Gasteiger partial charge in [0, 0.05) is 17.5 Å². The monoisotopic (exact) mass is 261 g/mol. The molecule has 0 fully saturated rings. The summed E-state index contributed by atoms with van der Waals surface area (Å²) in [6.07, 6.45) is -0.528. The average Bonchev–Trinajstić information content (AvgIpc) is 2.31. The molecule has 19 heavy (non-hydrogen) atoms. The van der Waals surface area contributed by atoms with Gasteiger partial charge in [-0.3, -0.25) is 5.32 Å². The predicted octanol–water partition coefficient (Wildman–Crippen LogP) is 2.98. The zero-order valence-corrected chi connectivity index (χ0v) is 11.1. The van der Waals surface area contributed by atoms with E-state index < -0.39 is 11.7 Å². The van der Waals surface area contributed by atoms with E-state index in [4.69, 9.17) is 9.15 Å². The molecule has 5 nitrogen and oxygen atoms in total. The quantitative estimate of drug-likeness (QED) is 0.844. The Morgan fingerprint density at radius 2 is 2.00 bits per heavy atom. The Kier molecular flexibility index (Phi) is 3.55. The second kappa shape index (κ2) is 5.14. The van der Waals surface area contributed by atoms with Crippen molar-refractivity contribution in [2.45, 2.75) is 20.8 Å². The standard InChI is InChI=1S/C14H15NO4/c1-4-18-14(17)15-11-7-12-10(5-9(11)3)8(2)6-13(16)19-12/h5-7H,4H2,1-3H3,(H,15,17). The maximum absolute atomic E-state index is 11.4. The van der Waals surface area contributed by atoms with Crippen LogP contribution >= 0.6 is 0 Å². The van der Waals surface area contributed by atoms with Gasteiger partial charge in [0.15, 0.2) is 0 Å². The van der Waals surface area contributed by atoms with Gasteiger partial charge in [0.1, 0.15) is 5.58 Å². The number of carbonyl (C=O) groups excluding carboxylic acids is 1. The van der Waals surface area contributed by atoms with E-state index in [1.807, 2.05) is 19.9 Å². The van der Waals surface area contributed by atoms with Crippen LogP contribution in [0.4, 0.5) is 10.5 Å². The van der Waals surface area contributed by atoms with E-state index in [-0.39, 0.29) is 0 Å². The Balaban J connectivity index is 2.49. The van der Waals surface area contributed by atoms with Crippen LogP contribution in [0.25, 0.3) is 11.0 Å². The number of benzene rings is 1. The van der Waals surface area contributed by atoms with Gasteiger partial charge in [-0.15, -0.1) is 0 Å². The molecule has 2 aromatic rings. The molecule has 0 aliphatic rings. The zero-order chi connectivity index (χ0) is 14.0. The Bertz CT molecular complexity index is 688. The van der Waals surface area contributed by atoms with Crippen molar-refractivity contribution < 1.29 is 13.9 Å². The van der Waals surface area contributed by atoms with Gasteiger partial charge >= 0.3 is 11.7 Å². The Morgan fingerprint density at radius 1 is 1.26 bits per heavy atom. The third-order valence-electron chi connectivity index (χ3n) is 2.81. The molecule has 0 saturated carbocycles. The number of fused-ring (bicyclic) bond motifs is 1. The van der Waals surface area contributed by atoms with Crippen LogP contribution in [0.2, 0.25) is 0 Å². The van der Waals surface area contributed by atoms with Gasteiger partial charge < -0.3 is 9.15 Å². The average molecular weight is 261 g/mol. The summed E-state index contributed by atoms with van der Waals surface area (Å²) in [5, 5.41) is 3.47. The first-order valence-corrected chi connectivity index (χ1v) is 6.00. The van der Waals surface area contributed by atoms with E-state index in [9.17, 15) is 9.59 Å². The minimum absolute atomic E-state index is 0.298. The van der Waals surface area contributed by atoms with E-state index >= 15 is 0 Å². The summed E-state index contributed by atoms with van der Waals surface area (Å²) in [6, 6.07) is 4.95. The topological polar surface area (TPSA) is 68.5 Å². The number of carbonyl (C=O) groups is 1. The van der Waals surface area contributed by atoms with Crippen molar-refractivity contribution in [2.24, 2.45) is 0 Å². The number of hydrogen-bond donors (Lipinski definition) is 1. The van der Waals surface area contributed by atoms with Gasteiger partial charge in [0.05, 0.1) is 12.3 Å². The molecule has 0 radical (unpaired) electrons. The first kappa shape index (κ1) is 13.1. The number of aryl methyl sites for hydroxylation is 2. The number of rotatable bonds is 2. The van der Waals surface area contributed by atoms with Crippen LogP contribution in [0.3, 0.4) is 0 Å². The highest BCUT2D eigenvalue weighted by Gasteiger charge is 2.09. The van der Waals surface area contributed by atoms with Crippen molar-refractivity contribution in [1.82, 2.24) is 0 Å². The van der Waals surface area contributed by atoms with E-state index in [2.05, 4.69) is 5.32 Å². The molecule has 0 bridgehead atoms. The fourth-order valence-electron chi connectivity index (χ4n) is 1.88. The third kappa shape index (κ3) is 2.76. The molecule has 0 atom stereocenters. The summed E-state index contributed by atoms with van der Waals surface area (Å²) >= 11 is 0. The van der Waals surface area contributed by atoms with Crippen LogP contribution in [0.15, 0.2) is 27.4 Å². The highest BCUT2D eigenvalue weighted by atomic mass is 16.5. The van der Waals surface area contributed by atoms with Crippen molar-refractivity contribution in [1.29, 1.82) is 0 Å². The van der Waals surface area contributed by atoms with Gasteiger partial charge in [0.25, 0.3) is 0 Å². The normalized spacial score (nSPS) is 10.5. The molecule has 2 rings (SSSR count). The lowest BCUT2D eigenvalue weighted by Crippen LogP contribution is -2.14. The van der Waals surface area contributed by atoms with Crippen LogP contribution in [0, 0.1) is 13.8 Å². The van der Waals surface area contributed by atoms with Gasteiger partial charge in [-0.25, -0.2) is 9.59 Å². The highest BCUT2D eigenvalue weighted by Crippen LogP contribution is 2.24. The maximum atomic E-state index is 11.4. The molecule has 0 saturated heterocycles. The predicted molar refractivity (Wildman–Crippen MR) is 72.6 cm³/mol. The van der Waals surface area contributed by atoms with Gasteiger partial charge in [-0.1, -0.05) is 0 Å². The minimum atomic E-state index is -0.528. The lowest BCUT2D eigenvalue weighted by molar-refractivity contribution is 0.168. The van der Waals surface area contributed by atoms with Gasteiger partial charge in [-0.2, -0.15) is 0 Å². The summed E-state index contributed by atoms with van der Waals surface area (Å²) < 4.78 is 9.95. The number of anilines is 1. The molecule has 1 aromatic carbocycles. The second-order valence-corrected chi connectivity index (χ2v) is 4.26. The number of nitrogens with one attached hydrogen (secondary N) is 1. The second-order valence-electron chi connectivity index (χ2n) is 4.26. The third-order valence-corrected chi connectivity index (χ3v) is 2.81. The highest BCUT2D eigenvalue weighted by molar-refractivity contribution is 5.91. The van der Waals surface area contributed by atoms with Crippen molar-refractivity contribution in [2.75, 3.05) is 11.9 Å². The van der Waals surface area contributed by atoms with Crippen LogP contribution < -0.4 is 10.9 Å².